The second-order valence-corrected chi connectivity index (χ2v) is 5.34. The van der Waals surface area contributed by atoms with Crippen molar-refractivity contribution in [3.63, 3.8) is 0 Å². The molecule has 1 fully saturated rings. The average Bonchev–Trinajstić information content (AvgIpc) is 2.43. The molecule has 1 N–H and O–H groups in total. The molecule has 1 aliphatic rings. The van der Waals surface area contributed by atoms with E-state index in [2.05, 4.69) is 35.3 Å². The van der Waals surface area contributed by atoms with Gasteiger partial charge in [-0.25, -0.2) is 0 Å². The van der Waals surface area contributed by atoms with Crippen LogP contribution in [0.4, 0.5) is 0 Å². The monoisotopic (exact) mass is 258 g/mol. The van der Waals surface area contributed by atoms with E-state index in [0.29, 0.717) is 6.04 Å². The number of hydrogen-bond acceptors (Lipinski definition) is 4. The molecule has 0 bridgehead atoms. The Hall–Kier alpha value is -1.41. The molecule has 102 valence electrons. The maximum atomic E-state index is 8.75. The summed E-state index contributed by atoms with van der Waals surface area (Å²) < 4.78 is 0. The lowest BCUT2D eigenvalue weighted by Gasteiger charge is -2.37. The normalized spacial score (nSPS) is 21.2. The molecule has 2 rings (SSSR count). The van der Waals surface area contributed by atoms with Crippen LogP contribution >= 0.6 is 0 Å². The van der Waals surface area contributed by atoms with E-state index in [9.17, 15) is 0 Å². The van der Waals surface area contributed by atoms with Crippen LogP contribution in [0.5, 0.6) is 0 Å². The smallest absolute Gasteiger partial charge is 0.0991 e. The maximum Gasteiger partial charge on any atom is 0.0991 e. The van der Waals surface area contributed by atoms with Crippen LogP contribution in [0.1, 0.15) is 11.1 Å². The van der Waals surface area contributed by atoms with Crippen molar-refractivity contribution in [3.05, 3.63) is 35.4 Å². The Bertz CT molecular complexity index is 434. The number of likely N-dealkylation sites (N-methyl/N-ethyl adjacent to an activating group) is 2. The predicted molar refractivity (Wildman–Crippen MR) is 76.8 cm³/mol. The minimum atomic E-state index is 0.581. The summed E-state index contributed by atoms with van der Waals surface area (Å²) in [4.78, 5) is 4.81. The third-order valence-corrected chi connectivity index (χ3v) is 3.77. The zero-order valence-corrected chi connectivity index (χ0v) is 11.8. The second-order valence-electron chi connectivity index (χ2n) is 5.34. The van der Waals surface area contributed by atoms with Gasteiger partial charge < -0.3 is 10.2 Å². The van der Waals surface area contributed by atoms with Crippen molar-refractivity contribution in [1.29, 1.82) is 5.26 Å². The number of rotatable bonds is 4. The van der Waals surface area contributed by atoms with E-state index < -0.39 is 0 Å². The van der Waals surface area contributed by atoms with Gasteiger partial charge in [0.15, 0.2) is 0 Å². The summed E-state index contributed by atoms with van der Waals surface area (Å²) in [5.41, 5.74) is 1.95. The molecule has 4 heteroatoms. The van der Waals surface area contributed by atoms with E-state index in [1.807, 2.05) is 24.3 Å². The Morgan fingerprint density at radius 2 is 2.00 bits per heavy atom. The topological polar surface area (TPSA) is 42.3 Å². The van der Waals surface area contributed by atoms with Crippen LogP contribution in [-0.4, -0.2) is 56.1 Å². The summed E-state index contributed by atoms with van der Waals surface area (Å²) >= 11 is 0. The fourth-order valence-electron chi connectivity index (χ4n) is 2.40. The molecular formula is C15H22N4. The van der Waals surface area contributed by atoms with Crippen LogP contribution in [0.3, 0.4) is 0 Å². The first-order chi connectivity index (χ1) is 9.19. The molecule has 1 heterocycles. The van der Waals surface area contributed by atoms with Crippen LogP contribution in [0.2, 0.25) is 0 Å². The molecule has 1 saturated heterocycles. The van der Waals surface area contributed by atoms with Crippen molar-refractivity contribution in [2.24, 2.45) is 0 Å². The summed E-state index contributed by atoms with van der Waals surface area (Å²) in [7, 11) is 4.38. The van der Waals surface area contributed by atoms with Crippen molar-refractivity contribution in [3.8, 4) is 6.07 Å². The van der Waals surface area contributed by atoms with Crippen molar-refractivity contribution >= 4 is 0 Å². The lowest BCUT2D eigenvalue weighted by molar-refractivity contribution is 0.113. The van der Waals surface area contributed by atoms with Crippen LogP contribution in [-0.2, 0) is 6.54 Å². The first kappa shape index (κ1) is 14.0. The van der Waals surface area contributed by atoms with E-state index in [1.165, 1.54) is 5.56 Å². The Kier molecular flexibility index (Phi) is 4.92. The molecule has 1 aromatic rings. The van der Waals surface area contributed by atoms with Gasteiger partial charge in [-0.3, -0.25) is 4.90 Å². The Labute approximate surface area is 115 Å². The molecule has 1 unspecified atom stereocenters. The van der Waals surface area contributed by atoms with Gasteiger partial charge in [-0.15, -0.1) is 0 Å². The highest BCUT2D eigenvalue weighted by molar-refractivity contribution is 5.31. The average molecular weight is 258 g/mol. The molecule has 0 spiro atoms. The largest absolute Gasteiger partial charge is 0.311 e. The number of nitriles is 1. The highest BCUT2D eigenvalue weighted by atomic mass is 15.3. The van der Waals surface area contributed by atoms with Gasteiger partial charge in [0.25, 0.3) is 0 Å². The zero-order valence-electron chi connectivity index (χ0n) is 11.8. The molecular weight excluding hydrogens is 236 g/mol. The third kappa shape index (κ3) is 4.03. The summed E-state index contributed by atoms with van der Waals surface area (Å²) in [6.07, 6.45) is 0. The first-order valence-electron chi connectivity index (χ1n) is 6.77. The highest BCUT2D eigenvalue weighted by Crippen LogP contribution is 2.06. The van der Waals surface area contributed by atoms with Crippen molar-refractivity contribution < 1.29 is 0 Å². The van der Waals surface area contributed by atoms with Crippen LogP contribution < -0.4 is 5.32 Å². The van der Waals surface area contributed by atoms with Gasteiger partial charge in [-0.2, -0.15) is 5.26 Å². The number of nitrogens with zero attached hydrogens (tertiary/aromatic N) is 3. The van der Waals surface area contributed by atoms with Gasteiger partial charge in [0.05, 0.1) is 11.6 Å². The lowest BCUT2D eigenvalue weighted by atomic mass is 10.1. The van der Waals surface area contributed by atoms with Crippen molar-refractivity contribution in [1.82, 2.24) is 15.1 Å². The van der Waals surface area contributed by atoms with Gasteiger partial charge >= 0.3 is 0 Å². The van der Waals surface area contributed by atoms with Gasteiger partial charge in [-0.05, 0) is 31.8 Å². The summed E-state index contributed by atoms with van der Waals surface area (Å²) in [5, 5.41) is 12.3. The molecule has 0 amide bonds. The Morgan fingerprint density at radius 3 is 2.68 bits per heavy atom. The number of nitrogens with one attached hydrogen (secondary N) is 1. The first-order valence-corrected chi connectivity index (χ1v) is 6.77. The van der Waals surface area contributed by atoms with Crippen LogP contribution in [0.15, 0.2) is 24.3 Å². The van der Waals surface area contributed by atoms with Crippen molar-refractivity contribution in [2.75, 3.05) is 40.3 Å². The fraction of sp³-hybridized carbons (Fsp3) is 0.533. The molecule has 0 aliphatic carbocycles. The van der Waals surface area contributed by atoms with E-state index >= 15 is 0 Å². The molecule has 1 aromatic carbocycles. The highest BCUT2D eigenvalue weighted by Gasteiger charge is 2.21. The van der Waals surface area contributed by atoms with Crippen molar-refractivity contribution in [2.45, 2.75) is 12.6 Å². The zero-order chi connectivity index (χ0) is 13.7. The van der Waals surface area contributed by atoms with Gasteiger partial charge in [0.2, 0.25) is 0 Å². The minimum Gasteiger partial charge on any atom is -0.311 e. The van der Waals surface area contributed by atoms with E-state index in [4.69, 9.17) is 5.26 Å². The van der Waals surface area contributed by atoms with Gasteiger partial charge in [0, 0.05) is 38.8 Å². The molecule has 0 radical (unpaired) electrons. The van der Waals surface area contributed by atoms with Crippen LogP contribution in [0.25, 0.3) is 0 Å². The molecule has 4 nitrogen and oxygen atoms in total. The number of piperazine rings is 1. The molecule has 1 aliphatic heterocycles. The molecule has 1 atom stereocenters. The van der Waals surface area contributed by atoms with Gasteiger partial charge in [0.1, 0.15) is 0 Å². The summed E-state index contributed by atoms with van der Waals surface area (Å²) in [5.74, 6) is 0. The maximum absolute atomic E-state index is 8.75. The SMILES string of the molecule is CN1CCN(C)C(CNCc2ccc(C#N)cc2)C1. The molecule has 0 aromatic heterocycles. The predicted octanol–water partition coefficient (Wildman–Crippen LogP) is 0.894. The van der Waals surface area contributed by atoms with E-state index in [1.54, 1.807) is 0 Å². The quantitative estimate of drug-likeness (QED) is 0.871. The Morgan fingerprint density at radius 1 is 1.26 bits per heavy atom. The van der Waals surface area contributed by atoms with E-state index in [-0.39, 0.29) is 0 Å². The third-order valence-electron chi connectivity index (χ3n) is 3.77. The summed E-state index contributed by atoms with van der Waals surface area (Å²) in [6.45, 7) is 5.28. The van der Waals surface area contributed by atoms with Gasteiger partial charge in [-0.1, -0.05) is 12.1 Å². The second kappa shape index (κ2) is 6.67. The fourth-order valence-corrected chi connectivity index (χ4v) is 2.40. The van der Waals surface area contributed by atoms with Crippen LogP contribution in [0, 0.1) is 11.3 Å². The minimum absolute atomic E-state index is 0.581. The number of benzene rings is 1. The standard InChI is InChI=1S/C15H22N4/c1-18-7-8-19(2)15(12-18)11-17-10-14-5-3-13(9-16)4-6-14/h3-6,15,17H,7-8,10-12H2,1-2H3. The molecule has 19 heavy (non-hydrogen) atoms. The summed E-state index contributed by atoms with van der Waals surface area (Å²) in [6, 6.07) is 10.5. The molecule has 0 saturated carbocycles. The number of hydrogen-bond donors (Lipinski definition) is 1. The van der Waals surface area contributed by atoms with E-state index in [0.717, 1.165) is 38.3 Å². The lowest BCUT2D eigenvalue weighted by Crippen LogP contribution is -2.53. The Balaban J connectivity index is 1.77.